The van der Waals surface area contributed by atoms with Crippen LogP contribution in [0.1, 0.15) is 21.9 Å². The number of anilines is 2. The molecule has 3 aromatic heterocycles. The smallest absolute Gasteiger partial charge is 0.416 e. The van der Waals surface area contributed by atoms with E-state index in [1.165, 1.54) is 17.2 Å². The second kappa shape index (κ2) is 6.56. The molecule has 1 aliphatic rings. The molecule has 8 nitrogen and oxygen atoms in total. The van der Waals surface area contributed by atoms with Gasteiger partial charge in [-0.2, -0.15) is 13.2 Å². The molecular weight excluding hydrogens is 413 g/mol. The van der Waals surface area contributed by atoms with Crippen molar-refractivity contribution in [2.45, 2.75) is 13.1 Å². The molecule has 0 saturated heterocycles. The fourth-order valence-electron chi connectivity index (χ4n) is 3.68. The topological polar surface area (TPSA) is 98.6 Å². The molecule has 0 saturated carbocycles. The summed E-state index contributed by atoms with van der Waals surface area (Å²) < 4.78 is 46.2. The van der Waals surface area contributed by atoms with Crippen LogP contribution in [0.3, 0.4) is 0 Å². The molecule has 158 valence electrons. The highest BCUT2D eigenvalue weighted by Crippen LogP contribution is 2.38. The summed E-state index contributed by atoms with van der Waals surface area (Å²) in [5.74, 6) is 0.484. The molecule has 11 heteroatoms. The van der Waals surface area contributed by atoms with E-state index in [0.29, 0.717) is 22.4 Å². The van der Waals surface area contributed by atoms with Crippen LogP contribution in [0.15, 0.2) is 36.7 Å². The minimum absolute atomic E-state index is 0.00232. The molecule has 4 heterocycles. The number of alkyl halides is 3. The number of carbonyl (C=O) groups is 1. The van der Waals surface area contributed by atoms with Crippen molar-refractivity contribution in [2.24, 2.45) is 0 Å². The first-order valence-electron chi connectivity index (χ1n) is 9.29. The molecule has 4 aromatic rings. The zero-order valence-electron chi connectivity index (χ0n) is 16.1. The van der Waals surface area contributed by atoms with Gasteiger partial charge in [-0.15, -0.1) is 0 Å². The molecule has 0 spiro atoms. The number of pyridine rings is 1. The van der Waals surface area contributed by atoms with Gasteiger partial charge in [-0.3, -0.25) is 9.20 Å². The van der Waals surface area contributed by atoms with Gasteiger partial charge in [-0.1, -0.05) is 0 Å². The lowest BCUT2D eigenvalue weighted by atomic mass is 10.1. The summed E-state index contributed by atoms with van der Waals surface area (Å²) in [6.45, 7) is 2.04. The highest BCUT2D eigenvalue weighted by atomic mass is 19.4. The monoisotopic (exact) mass is 428 g/mol. The van der Waals surface area contributed by atoms with Crippen LogP contribution in [-0.4, -0.2) is 38.4 Å². The average molecular weight is 428 g/mol. The van der Waals surface area contributed by atoms with Crippen molar-refractivity contribution in [1.29, 1.82) is 0 Å². The molecule has 31 heavy (non-hydrogen) atoms. The van der Waals surface area contributed by atoms with Crippen LogP contribution in [0, 0.1) is 6.92 Å². The van der Waals surface area contributed by atoms with E-state index >= 15 is 0 Å². The number of benzene rings is 1. The fourth-order valence-corrected chi connectivity index (χ4v) is 3.68. The van der Waals surface area contributed by atoms with Crippen molar-refractivity contribution in [3.05, 3.63) is 53.7 Å². The minimum atomic E-state index is -4.51. The van der Waals surface area contributed by atoms with Crippen molar-refractivity contribution in [2.75, 3.05) is 23.8 Å². The fraction of sp³-hybridized carbons (Fsp3) is 0.200. The molecule has 1 amide bonds. The molecule has 0 unspecified atom stereocenters. The third-order valence-electron chi connectivity index (χ3n) is 5.16. The molecule has 2 N–H and O–H groups in total. The van der Waals surface area contributed by atoms with Crippen molar-refractivity contribution in [3.8, 4) is 5.75 Å². The Kier molecular flexibility index (Phi) is 4.04. The van der Waals surface area contributed by atoms with Gasteiger partial charge in [0.2, 0.25) is 0 Å². The third kappa shape index (κ3) is 3.00. The molecule has 1 aromatic carbocycles. The average Bonchev–Trinajstić information content (AvgIpc) is 3.14. The second-order valence-electron chi connectivity index (χ2n) is 7.07. The van der Waals surface area contributed by atoms with E-state index in [4.69, 9.17) is 10.5 Å². The van der Waals surface area contributed by atoms with Crippen molar-refractivity contribution < 1.29 is 22.7 Å². The molecule has 0 radical (unpaired) electrons. The van der Waals surface area contributed by atoms with E-state index in [9.17, 15) is 18.0 Å². The number of carbonyl (C=O) groups excluding carboxylic acids is 1. The number of fused-ring (bicyclic) bond motifs is 4. The van der Waals surface area contributed by atoms with Gasteiger partial charge in [-0.05, 0) is 31.2 Å². The molecular formula is C20H15F3N6O2. The van der Waals surface area contributed by atoms with Gasteiger partial charge < -0.3 is 15.4 Å². The predicted molar refractivity (Wildman–Crippen MR) is 106 cm³/mol. The number of nitrogens with two attached hydrogens (primary N) is 1. The maximum absolute atomic E-state index is 13.2. The van der Waals surface area contributed by atoms with Crippen LogP contribution in [0.5, 0.6) is 5.75 Å². The van der Waals surface area contributed by atoms with Crippen molar-refractivity contribution in [1.82, 2.24) is 19.4 Å². The number of hydrogen-bond acceptors (Lipinski definition) is 6. The van der Waals surface area contributed by atoms with Crippen LogP contribution in [-0.2, 0) is 6.18 Å². The van der Waals surface area contributed by atoms with E-state index in [-0.39, 0.29) is 36.1 Å². The standard InChI is InChI=1S/C20H15F3N6O2/c1-10-25-9-16-18(24)27-13-8-26-12(7-15(13)29(10)16)19(30)28-4-5-31-17-6-11(20(21,22)23)2-3-14(17)28/h2-3,6-9H,4-5H2,1H3,(H2,24,27). The number of aromatic nitrogens is 4. The molecule has 1 aliphatic heterocycles. The summed E-state index contributed by atoms with van der Waals surface area (Å²) in [4.78, 5) is 27.3. The van der Waals surface area contributed by atoms with E-state index in [2.05, 4.69) is 15.0 Å². The number of halogens is 3. The van der Waals surface area contributed by atoms with E-state index in [0.717, 1.165) is 12.1 Å². The number of nitrogens with zero attached hydrogens (tertiary/aromatic N) is 5. The molecule has 0 bridgehead atoms. The van der Waals surface area contributed by atoms with Crippen LogP contribution in [0.2, 0.25) is 0 Å². The van der Waals surface area contributed by atoms with Crippen LogP contribution in [0.25, 0.3) is 16.6 Å². The largest absolute Gasteiger partial charge is 0.490 e. The number of hydrogen-bond donors (Lipinski definition) is 1. The molecule has 0 fully saturated rings. The number of aryl methyl sites for hydroxylation is 1. The SMILES string of the molecule is Cc1ncc2c(N)nc3cnc(C(=O)N4CCOc5cc(C(F)(F)F)ccc54)cc3n12. The summed E-state index contributed by atoms with van der Waals surface area (Å²) in [6.07, 6.45) is -1.48. The predicted octanol–water partition coefficient (Wildman–Crippen LogP) is 3.23. The lowest BCUT2D eigenvalue weighted by molar-refractivity contribution is -0.137. The van der Waals surface area contributed by atoms with Crippen LogP contribution >= 0.6 is 0 Å². The first kappa shape index (κ1) is 19.1. The number of imidazole rings is 1. The van der Waals surface area contributed by atoms with Gasteiger partial charge >= 0.3 is 6.18 Å². The normalized spacial score (nSPS) is 14.0. The molecule has 0 atom stereocenters. The quantitative estimate of drug-likeness (QED) is 0.500. The van der Waals surface area contributed by atoms with E-state index < -0.39 is 17.6 Å². The number of rotatable bonds is 1. The van der Waals surface area contributed by atoms with Gasteiger partial charge in [0.15, 0.2) is 0 Å². The van der Waals surface area contributed by atoms with Crippen LogP contribution in [0.4, 0.5) is 24.7 Å². The second-order valence-corrected chi connectivity index (χ2v) is 7.07. The summed E-state index contributed by atoms with van der Waals surface area (Å²) in [5.41, 5.74) is 7.19. The van der Waals surface area contributed by atoms with E-state index in [1.807, 2.05) is 0 Å². The maximum atomic E-state index is 13.2. The van der Waals surface area contributed by atoms with E-state index in [1.54, 1.807) is 23.6 Å². The lowest BCUT2D eigenvalue weighted by Gasteiger charge is -2.29. The summed E-state index contributed by atoms with van der Waals surface area (Å²) in [6, 6.07) is 4.63. The Hall–Kier alpha value is -3.89. The number of nitrogen functional groups attached to an aromatic ring is 1. The Labute approximate surface area is 173 Å². The van der Waals surface area contributed by atoms with Gasteiger partial charge in [-0.25, -0.2) is 15.0 Å². The van der Waals surface area contributed by atoms with Gasteiger partial charge in [0.1, 0.15) is 40.7 Å². The first-order valence-corrected chi connectivity index (χ1v) is 9.29. The van der Waals surface area contributed by atoms with Gasteiger partial charge in [0.05, 0.1) is 35.7 Å². The molecule has 5 rings (SSSR count). The maximum Gasteiger partial charge on any atom is 0.416 e. The van der Waals surface area contributed by atoms with Crippen LogP contribution < -0.4 is 15.4 Å². The number of amides is 1. The summed E-state index contributed by atoms with van der Waals surface area (Å²) in [5, 5.41) is 0. The first-order chi connectivity index (χ1) is 14.7. The van der Waals surface area contributed by atoms with Crippen molar-refractivity contribution in [3.63, 3.8) is 0 Å². The summed E-state index contributed by atoms with van der Waals surface area (Å²) >= 11 is 0. The molecule has 0 aliphatic carbocycles. The Bertz CT molecular complexity index is 1360. The van der Waals surface area contributed by atoms with Gasteiger partial charge in [0, 0.05) is 0 Å². The minimum Gasteiger partial charge on any atom is -0.490 e. The Balaban J connectivity index is 1.59. The van der Waals surface area contributed by atoms with Gasteiger partial charge in [0.25, 0.3) is 5.91 Å². The lowest BCUT2D eigenvalue weighted by Crippen LogP contribution is -2.38. The summed E-state index contributed by atoms with van der Waals surface area (Å²) in [7, 11) is 0. The zero-order chi connectivity index (χ0) is 21.9. The zero-order valence-corrected chi connectivity index (χ0v) is 16.1. The Morgan fingerprint density at radius 3 is 2.74 bits per heavy atom. The Morgan fingerprint density at radius 2 is 1.97 bits per heavy atom. The number of ether oxygens (including phenoxy) is 1. The van der Waals surface area contributed by atoms with Crippen molar-refractivity contribution >= 4 is 34.0 Å². The Morgan fingerprint density at radius 1 is 1.16 bits per heavy atom. The third-order valence-corrected chi connectivity index (χ3v) is 5.16. The highest BCUT2D eigenvalue weighted by molar-refractivity contribution is 6.07. The highest BCUT2D eigenvalue weighted by Gasteiger charge is 2.33.